The van der Waals surface area contributed by atoms with E-state index in [4.69, 9.17) is 16.2 Å². The zero-order valence-electron chi connectivity index (χ0n) is 21.4. The number of amides is 1. The van der Waals surface area contributed by atoms with Crippen molar-refractivity contribution in [2.45, 2.75) is 18.9 Å². The second-order valence-electron chi connectivity index (χ2n) is 9.10. The van der Waals surface area contributed by atoms with Gasteiger partial charge in [-0.1, -0.05) is 0 Å². The van der Waals surface area contributed by atoms with E-state index in [2.05, 4.69) is 20.0 Å². The van der Waals surface area contributed by atoms with Crippen molar-refractivity contribution in [1.29, 1.82) is 5.41 Å². The van der Waals surface area contributed by atoms with Gasteiger partial charge in [0.2, 0.25) is 16.8 Å². The summed E-state index contributed by atoms with van der Waals surface area (Å²) in [5, 5.41) is 50.0. The van der Waals surface area contributed by atoms with Gasteiger partial charge in [-0.25, -0.2) is 18.2 Å². The molecule has 0 aliphatic carbocycles. The molecule has 0 bridgehead atoms. The molecule has 1 amide bonds. The van der Waals surface area contributed by atoms with E-state index in [1.54, 1.807) is 18.2 Å². The van der Waals surface area contributed by atoms with Crippen LogP contribution in [0.3, 0.4) is 0 Å². The van der Waals surface area contributed by atoms with Gasteiger partial charge in [0.25, 0.3) is 0 Å². The quantitative estimate of drug-likeness (QED) is 0.0507. The molecule has 4 aromatic rings. The monoisotopic (exact) mass is 596 g/mol. The molecule has 0 saturated carbocycles. The van der Waals surface area contributed by atoms with Crippen LogP contribution in [0.4, 0.5) is 5.69 Å². The molecule has 4 rings (SSSR count). The van der Waals surface area contributed by atoms with Crippen molar-refractivity contribution in [2.24, 2.45) is 5.73 Å². The summed E-state index contributed by atoms with van der Waals surface area (Å²) in [5.41, 5.74) is 7.17. The van der Waals surface area contributed by atoms with Crippen molar-refractivity contribution in [3.05, 3.63) is 59.7 Å². The number of nitrogens with two attached hydrogens (primary N) is 1. The number of aromatic hydroxyl groups is 2. The third-order valence-electron chi connectivity index (χ3n) is 6.10. The number of hydrogen-bond donors (Lipinski definition) is 10. The first-order valence-electron chi connectivity index (χ1n) is 12.0. The van der Waals surface area contributed by atoms with E-state index < -0.39 is 53.4 Å². The fourth-order valence-corrected chi connectivity index (χ4v) is 4.57. The Morgan fingerprint density at radius 3 is 2.36 bits per heavy atom. The lowest BCUT2D eigenvalue weighted by atomic mass is 9.95. The summed E-state index contributed by atoms with van der Waals surface area (Å²) < 4.78 is 24.6. The number of anilines is 1. The van der Waals surface area contributed by atoms with Gasteiger partial charge >= 0.3 is 11.9 Å². The maximum atomic E-state index is 12.8. The molecular formula is C26H24N6O9S. The van der Waals surface area contributed by atoms with Crippen LogP contribution in [0.25, 0.3) is 33.5 Å². The van der Waals surface area contributed by atoms with Gasteiger partial charge < -0.3 is 36.5 Å². The SMILES string of the molecule is N=C(N)c1ccc2[nH]c(-c3cc(CC(=O)N[C@@H](CC(=O)O)C(=O)O)cc(-c4cc(N[SH](=O)=O)ccc4O)c3O)nc2c1. The summed E-state index contributed by atoms with van der Waals surface area (Å²) >= 11 is 0. The average molecular weight is 597 g/mol. The molecule has 1 aromatic heterocycles. The van der Waals surface area contributed by atoms with E-state index in [1.807, 2.05) is 0 Å². The van der Waals surface area contributed by atoms with Gasteiger partial charge in [-0.05, 0) is 54.1 Å². The summed E-state index contributed by atoms with van der Waals surface area (Å²) in [4.78, 5) is 42.7. The molecule has 16 heteroatoms. The molecule has 0 radical (unpaired) electrons. The number of H-pyrrole nitrogens is 1. The van der Waals surface area contributed by atoms with E-state index in [1.165, 1.54) is 30.3 Å². The molecule has 0 aliphatic rings. The lowest BCUT2D eigenvalue weighted by Crippen LogP contribution is -2.42. The number of phenolic OH excluding ortho intramolecular Hbond substituents is 2. The van der Waals surface area contributed by atoms with Crippen LogP contribution >= 0.6 is 0 Å². The largest absolute Gasteiger partial charge is 0.507 e. The average Bonchev–Trinajstić information content (AvgIpc) is 3.33. The number of nitrogens with zero attached hydrogens (tertiary/aromatic N) is 1. The van der Waals surface area contributed by atoms with E-state index in [-0.39, 0.29) is 45.4 Å². The Bertz CT molecular complexity index is 1820. The number of rotatable bonds is 11. The normalized spacial score (nSPS) is 11.7. The van der Waals surface area contributed by atoms with E-state index in [0.717, 1.165) is 0 Å². The van der Waals surface area contributed by atoms with Crippen LogP contribution < -0.4 is 15.8 Å². The molecule has 42 heavy (non-hydrogen) atoms. The van der Waals surface area contributed by atoms with Gasteiger partial charge in [0.15, 0.2) is 0 Å². The number of carboxylic acid groups (broad SMARTS) is 2. The van der Waals surface area contributed by atoms with Crippen LogP contribution in [0.15, 0.2) is 48.5 Å². The number of aromatic nitrogens is 2. The lowest BCUT2D eigenvalue weighted by molar-refractivity contribution is -0.147. The first kappa shape index (κ1) is 29.3. The highest BCUT2D eigenvalue weighted by molar-refractivity contribution is 7.73. The number of nitrogen functional groups attached to an aromatic ring is 1. The van der Waals surface area contributed by atoms with E-state index in [0.29, 0.717) is 16.6 Å². The van der Waals surface area contributed by atoms with Crippen LogP contribution in [0, 0.1) is 5.41 Å². The van der Waals surface area contributed by atoms with Gasteiger partial charge in [0.1, 0.15) is 29.2 Å². The topological polar surface area (TPSA) is 269 Å². The minimum absolute atomic E-state index is 0.0119. The standard InChI is InChI=1S/C26H24N6O9S/c27-24(28)12-1-3-17-18(8-12)31-25(30-17)16-6-11(7-21(34)29-19(26(38)39)10-22(35)36)5-15(23(16)37)14-9-13(32-42(40)41)2-4-20(14)33/h1-6,8-9,19,33,37,42H,7,10H2,(H3,27,28)(H,29,34)(H,30,31)(H,35,36)(H,38,39)(H,32,40,41)/t19-/m0/s1. The molecular weight excluding hydrogens is 572 g/mol. The number of carbonyl (C=O) groups excluding carboxylic acids is 1. The first-order valence-corrected chi connectivity index (χ1v) is 13.2. The minimum atomic E-state index is -3.05. The molecule has 0 fully saturated rings. The Morgan fingerprint density at radius 2 is 1.71 bits per heavy atom. The number of amidine groups is 1. The molecule has 0 spiro atoms. The maximum Gasteiger partial charge on any atom is 0.326 e. The Morgan fingerprint density at radius 1 is 1.00 bits per heavy atom. The predicted molar refractivity (Wildman–Crippen MR) is 151 cm³/mol. The molecule has 218 valence electrons. The van der Waals surface area contributed by atoms with Gasteiger partial charge in [-0.3, -0.25) is 19.7 Å². The second kappa shape index (κ2) is 11.8. The van der Waals surface area contributed by atoms with E-state index in [9.17, 15) is 38.1 Å². The fourth-order valence-electron chi connectivity index (χ4n) is 4.22. The van der Waals surface area contributed by atoms with Gasteiger partial charge in [0.05, 0.1) is 29.4 Å². The summed E-state index contributed by atoms with van der Waals surface area (Å²) in [7, 11) is -3.05. The van der Waals surface area contributed by atoms with Crippen LogP contribution in [0.2, 0.25) is 0 Å². The van der Waals surface area contributed by atoms with Crippen LogP contribution in [-0.4, -0.2) is 68.5 Å². The van der Waals surface area contributed by atoms with Crippen molar-refractivity contribution in [3.8, 4) is 34.0 Å². The minimum Gasteiger partial charge on any atom is -0.507 e. The highest BCUT2D eigenvalue weighted by Gasteiger charge is 2.24. The molecule has 1 heterocycles. The van der Waals surface area contributed by atoms with Crippen molar-refractivity contribution in [3.63, 3.8) is 0 Å². The second-order valence-corrected chi connectivity index (χ2v) is 9.84. The highest BCUT2D eigenvalue weighted by Crippen LogP contribution is 2.43. The number of imidazole rings is 1. The molecule has 0 aliphatic heterocycles. The zero-order chi connectivity index (χ0) is 30.7. The third kappa shape index (κ3) is 6.56. The number of thiol groups is 1. The van der Waals surface area contributed by atoms with Crippen molar-refractivity contribution in [2.75, 3.05) is 4.72 Å². The zero-order valence-corrected chi connectivity index (χ0v) is 22.3. The molecule has 3 aromatic carbocycles. The molecule has 0 saturated heterocycles. The number of benzene rings is 3. The number of carboxylic acids is 2. The number of nitrogens with one attached hydrogen (secondary N) is 4. The van der Waals surface area contributed by atoms with Crippen LogP contribution in [0.1, 0.15) is 17.5 Å². The first-order chi connectivity index (χ1) is 19.8. The number of hydrogen-bond acceptors (Lipinski definition) is 9. The maximum absolute atomic E-state index is 12.8. The summed E-state index contributed by atoms with van der Waals surface area (Å²) in [5.74, 6) is -4.63. The lowest BCUT2D eigenvalue weighted by Gasteiger charge is -2.16. The van der Waals surface area contributed by atoms with Crippen molar-refractivity contribution < 1.29 is 43.2 Å². The summed E-state index contributed by atoms with van der Waals surface area (Å²) in [6.45, 7) is 0. The molecule has 15 nitrogen and oxygen atoms in total. The van der Waals surface area contributed by atoms with Crippen LogP contribution in [-0.2, 0) is 31.7 Å². The van der Waals surface area contributed by atoms with E-state index >= 15 is 0 Å². The van der Waals surface area contributed by atoms with Crippen molar-refractivity contribution >= 4 is 51.3 Å². The molecule has 0 unspecified atom stereocenters. The highest BCUT2D eigenvalue weighted by atomic mass is 32.2. The number of fused-ring (bicyclic) bond motifs is 1. The fraction of sp³-hybridized carbons (Fsp3) is 0.115. The smallest absolute Gasteiger partial charge is 0.326 e. The third-order valence-corrected chi connectivity index (χ3v) is 6.54. The Kier molecular flexibility index (Phi) is 8.28. The van der Waals surface area contributed by atoms with Gasteiger partial charge in [-0.15, -0.1) is 0 Å². The molecule has 1 atom stereocenters. The Hall–Kier alpha value is -5.64. The molecule has 10 N–H and O–H groups in total. The number of carbonyl (C=O) groups is 3. The summed E-state index contributed by atoms with van der Waals surface area (Å²) in [6.07, 6.45) is -1.33. The van der Waals surface area contributed by atoms with Gasteiger partial charge in [0, 0.05) is 22.4 Å². The van der Waals surface area contributed by atoms with Gasteiger partial charge in [-0.2, -0.15) is 0 Å². The predicted octanol–water partition coefficient (Wildman–Crippen LogP) is 1.12. The van der Waals surface area contributed by atoms with Crippen molar-refractivity contribution in [1.82, 2.24) is 15.3 Å². The number of aliphatic carboxylic acids is 2. The number of phenols is 2. The Balaban J connectivity index is 1.85. The Labute approximate surface area is 238 Å². The number of aromatic amines is 1. The van der Waals surface area contributed by atoms with Crippen LogP contribution in [0.5, 0.6) is 11.5 Å². The summed E-state index contributed by atoms with van der Waals surface area (Å²) in [6, 6.07) is 9.53.